The van der Waals surface area contributed by atoms with E-state index in [1.807, 2.05) is 11.0 Å². The lowest BCUT2D eigenvalue weighted by Gasteiger charge is -2.32. The Hall–Kier alpha value is -4.48. The zero-order chi connectivity index (χ0) is 40.8. The molecule has 2 aromatic rings. The molecule has 3 aliphatic rings. The van der Waals surface area contributed by atoms with Crippen LogP contribution in [0.25, 0.3) is 11.1 Å². The number of hydrogen-bond acceptors (Lipinski definition) is 6. The van der Waals surface area contributed by atoms with Gasteiger partial charge in [0.2, 0.25) is 11.9 Å². The number of ether oxygens (including phenoxy) is 2. The third-order valence-corrected chi connectivity index (χ3v) is 10.6. The maximum atomic E-state index is 14.9. The molecule has 57 heavy (non-hydrogen) atoms. The van der Waals surface area contributed by atoms with Crippen LogP contribution in [0, 0.1) is 11.3 Å². The molecule has 2 unspecified atom stereocenters. The molecule has 1 saturated carbocycles. The minimum absolute atomic E-state index is 0.00947. The minimum atomic E-state index is -4.55. The summed E-state index contributed by atoms with van der Waals surface area (Å²) in [5, 5.41) is 11.1. The predicted octanol–water partition coefficient (Wildman–Crippen LogP) is 10.9. The zero-order valence-electron chi connectivity index (χ0n) is 33.4. The number of rotatable bonds is 19. The first kappa shape index (κ1) is 43.6. The first-order valence-corrected chi connectivity index (χ1v) is 20.4. The van der Waals surface area contributed by atoms with E-state index in [1.54, 1.807) is 73.7 Å². The number of piperidine rings is 1. The fraction of sp³-hybridized carbons (Fsp3) is 0.478. The van der Waals surface area contributed by atoms with Gasteiger partial charge in [0, 0.05) is 44.5 Å². The van der Waals surface area contributed by atoms with E-state index in [0.717, 1.165) is 64.1 Å². The molecule has 2 atom stereocenters. The van der Waals surface area contributed by atoms with Crippen molar-refractivity contribution in [2.24, 2.45) is 5.92 Å². The summed E-state index contributed by atoms with van der Waals surface area (Å²) in [6.07, 6.45) is 11.2. The molecule has 1 amide bonds. The molecule has 0 spiro atoms. The van der Waals surface area contributed by atoms with E-state index in [9.17, 15) is 22.4 Å². The van der Waals surface area contributed by atoms with E-state index in [4.69, 9.17) is 14.9 Å². The second-order valence-corrected chi connectivity index (χ2v) is 15.2. The average Bonchev–Trinajstić information content (AvgIpc) is 4.03. The molecule has 1 aliphatic carbocycles. The molecule has 0 radical (unpaired) electrons. The molecule has 11 heteroatoms. The number of anilines is 1. The Kier molecular flexibility index (Phi) is 16.3. The lowest BCUT2D eigenvalue weighted by Crippen LogP contribution is -2.39. The van der Waals surface area contributed by atoms with Crippen molar-refractivity contribution in [3.8, 4) is 0 Å². The van der Waals surface area contributed by atoms with Crippen LogP contribution in [-0.2, 0) is 14.3 Å². The van der Waals surface area contributed by atoms with Crippen molar-refractivity contribution in [2.45, 2.75) is 96.6 Å². The van der Waals surface area contributed by atoms with Gasteiger partial charge in [-0.05, 0) is 110 Å². The highest BCUT2D eigenvalue weighted by molar-refractivity contribution is 6.03. The molecule has 2 saturated heterocycles. The molecule has 0 aromatic heterocycles. The third kappa shape index (κ3) is 13.8. The van der Waals surface area contributed by atoms with Gasteiger partial charge in [0.25, 0.3) is 0 Å². The number of amides is 1. The zero-order valence-corrected chi connectivity index (χ0v) is 33.4. The van der Waals surface area contributed by atoms with Crippen LogP contribution in [-0.4, -0.2) is 79.5 Å². The van der Waals surface area contributed by atoms with Crippen molar-refractivity contribution in [1.29, 1.82) is 5.41 Å². The van der Waals surface area contributed by atoms with Crippen molar-refractivity contribution >= 4 is 28.7 Å². The van der Waals surface area contributed by atoms with Crippen molar-refractivity contribution in [3.63, 3.8) is 0 Å². The van der Waals surface area contributed by atoms with Gasteiger partial charge >= 0.3 is 6.18 Å². The van der Waals surface area contributed by atoms with Crippen molar-refractivity contribution in [1.82, 2.24) is 9.80 Å². The monoisotopic (exact) mass is 790 g/mol. The quantitative estimate of drug-likeness (QED) is 0.0370. The number of carbonyl (C=O) groups is 1. The lowest BCUT2D eigenvalue weighted by atomic mass is 9.86. The van der Waals surface area contributed by atoms with Gasteiger partial charge in [-0.1, -0.05) is 81.0 Å². The van der Waals surface area contributed by atoms with E-state index in [0.29, 0.717) is 54.3 Å². The highest BCUT2D eigenvalue weighted by atomic mass is 19.4. The Morgan fingerprint density at radius 3 is 2.49 bits per heavy atom. The highest BCUT2D eigenvalue weighted by Crippen LogP contribution is 2.41. The fourth-order valence-corrected chi connectivity index (χ4v) is 7.52. The van der Waals surface area contributed by atoms with Gasteiger partial charge in [-0.3, -0.25) is 15.1 Å². The van der Waals surface area contributed by atoms with E-state index < -0.39 is 18.6 Å². The standard InChI is InChI=1S/C46H58F4N4O3/c1-4-25-54(28-24-34-19-20-34)43(55)17-12-27-53-26-11-15-38(32-53)57-33(3)18-21-35(5-2)44(40(31-46(48,49)50)36-13-7-6-8-14-36)37-22-23-41(39(30-37)45(47)51)52-42-16-9-10-29-56-42/h5-8,12-14,17-18,21-23,30,34,38,42,51-52H,3-4,9-11,15-16,19-20,24-29,31-32H2,1-2H3/b17-12+,21-18-,35-5+,44-40+,51-45?. The summed E-state index contributed by atoms with van der Waals surface area (Å²) in [6.45, 7) is 12.2. The van der Waals surface area contributed by atoms with Crippen LogP contribution in [0.3, 0.4) is 0 Å². The van der Waals surface area contributed by atoms with E-state index in [2.05, 4.69) is 23.7 Å². The Labute approximate surface area is 335 Å². The number of halogens is 4. The number of likely N-dealkylation sites (tertiary alicyclic amines) is 1. The molecule has 2 N–H and O–H groups in total. The van der Waals surface area contributed by atoms with E-state index in [-0.39, 0.29) is 34.9 Å². The smallest absolute Gasteiger partial charge is 0.393 e. The van der Waals surface area contributed by atoms with Crippen LogP contribution < -0.4 is 5.32 Å². The van der Waals surface area contributed by atoms with Gasteiger partial charge in [0.05, 0.1) is 12.0 Å². The molecule has 5 rings (SSSR count). The van der Waals surface area contributed by atoms with E-state index in [1.165, 1.54) is 18.9 Å². The Balaban J connectivity index is 1.34. The summed E-state index contributed by atoms with van der Waals surface area (Å²) in [7, 11) is 0. The molecule has 2 heterocycles. The lowest BCUT2D eigenvalue weighted by molar-refractivity contribution is -0.126. The first-order valence-electron chi connectivity index (χ1n) is 20.4. The summed E-state index contributed by atoms with van der Waals surface area (Å²) in [6, 6.07) is 13.0. The number of nitrogens with zero attached hydrogens (tertiary/aromatic N) is 2. The van der Waals surface area contributed by atoms with Gasteiger partial charge in [0.1, 0.15) is 18.1 Å². The number of allylic oxidation sites excluding steroid dienone is 6. The Morgan fingerprint density at radius 2 is 1.82 bits per heavy atom. The maximum absolute atomic E-state index is 14.9. The molecule has 308 valence electrons. The van der Waals surface area contributed by atoms with Gasteiger partial charge < -0.3 is 19.7 Å². The fourth-order valence-electron chi connectivity index (χ4n) is 7.52. The molecule has 2 aromatic carbocycles. The number of alkyl halides is 3. The van der Waals surface area contributed by atoms with Gasteiger partial charge in [0.15, 0.2) is 0 Å². The van der Waals surface area contributed by atoms with E-state index >= 15 is 0 Å². The normalized spacial score (nSPS) is 20.1. The maximum Gasteiger partial charge on any atom is 0.393 e. The molecule has 7 nitrogen and oxygen atoms in total. The summed E-state index contributed by atoms with van der Waals surface area (Å²) in [5.41, 5.74) is 1.67. The Morgan fingerprint density at radius 1 is 1.04 bits per heavy atom. The van der Waals surface area contributed by atoms with Crippen LogP contribution >= 0.6 is 0 Å². The van der Waals surface area contributed by atoms with Crippen LogP contribution in [0.15, 0.2) is 96.8 Å². The summed E-state index contributed by atoms with van der Waals surface area (Å²) in [5.74, 6) is -0.0287. The SMILES string of the molecule is C=C(\C=C/C(=C\C)C(=C(/CC(F)(F)F)c1ccccc1)/c1ccc(NC2CCCCO2)c(C(=N)F)c1)OC1CCCN(C/C=C/C(=O)N(CCC)CCC2CC2)C1. The first-order chi connectivity index (χ1) is 27.4. The summed E-state index contributed by atoms with van der Waals surface area (Å²) < 4.78 is 70.1. The summed E-state index contributed by atoms with van der Waals surface area (Å²) >= 11 is 0. The van der Waals surface area contributed by atoms with Crippen LogP contribution in [0.5, 0.6) is 0 Å². The third-order valence-electron chi connectivity index (χ3n) is 10.6. The second-order valence-electron chi connectivity index (χ2n) is 15.2. The molecule has 0 bridgehead atoms. The molecular weight excluding hydrogens is 733 g/mol. The van der Waals surface area contributed by atoms with Gasteiger partial charge in [-0.25, -0.2) is 0 Å². The molecule has 2 aliphatic heterocycles. The molecular formula is C46H58F4N4O3. The molecule has 3 fully saturated rings. The number of benzene rings is 2. The van der Waals surface area contributed by atoms with Gasteiger partial charge in [-0.15, -0.1) is 0 Å². The van der Waals surface area contributed by atoms with Crippen LogP contribution in [0.1, 0.15) is 94.7 Å². The predicted molar refractivity (Wildman–Crippen MR) is 221 cm³/mol. The van der Waals surface area contributed by atoms with Gasteiger partial charge in [-0.2, -0.15) is 17.6 Å². The van der Waals surface area contributed by atoms with Crippen molar-refractivity contribution < 1.29 is 31.8 Å². The largest absolute Gasteiger partial charge is 0.490 e. The van der Waals surface area contributed by atoms with Crippen LogP contribution in [0.4, 0.5) is 23.2 Å². The second kappa shape index (κ2) is 21.3. The average molecular weight is 791 g/mol. The minimum Gasteiger partial charge on any atom is -0.490 e. The highest BCUT2D eigenvalue weighted by Gasteiger charge is 2.32. The topological polar surface area (TPSA) is 77.9 Å². The summed E-state index contributed by atoms with van der Waals surface area (Å²) in [4.78, 5) is 17.1. The Bertz CT molecular complexity index is 1790. The van der Waals surface area contributed by atoms with Crippen molar-refractivity contribution in [2.75, 3.05) is 44.6 Å². The number of hydrogen-bond donors (Lipinski definition) is 2. The number of carbonyl (C=O) groups excluding carboxylic acids is 1. The van der Waals surface area contributed by atoms with Crippen molar-refractivity contribution in [3.05, 3.63) is 114 Å². The van der Waals surface area contributed by atoms with Crippen LogP contribution in [0.2, 0.25) is 0 Å². The number of nitrogens with one attached hydrogen (secondary N) is 2.